The van der Waals surface area contributed by atoms with Gasteiger partial charge in [0.1, 0.15) is 29.5 Å². The molecule has 0 bridgehead atoms. The molecule has 0 aliphatic rings. The van der Waals surface area contributed by atoms with Gasteiger partial charge in [-0.2, -0.15) is 4.98 Å². The summed E-state index contributed by atoms with van der Waals surface area (Å²) in [6, 6.07) is 21.1. The van der Waals surface area contributed by atoms with Crippen LogP contribution in [-0.2, 0) is 30.6 Å². The van der Waals surface area contributed by atoms with Crippen LogP contribution in [0.3, 0.4) is 0 Å². The van der Waals surface area contributed by atoms with Gasteiger partial charge in [-0.05, 0) is 73.9 Å². The number of hydrogen-bond acceptors (Lipinski definition) is 9. The summed E-state index contributed by atoms with van der Waals surface area (Å²) in [5.41, 5.74) is 2.97. The molecule has 52 heavy (non-hydrogen) atoms. The predicted octanol–water partition coefficient (Wildman–Crippen LogP) is 6.39. The first-order valence-corrected chi connectivity index (χ1v) is 18.2. The lowest BCUT2D eigenvalue weighted by Crippen LogP contribution is -2.42. The van der Waals surface area contributed by atoms with E-state index in [2.05, 4.69) is 10.1 Å². The average Bonchev–Trinajstić information content (AvgIpc) is 3.50. The smallest absolute Gasteiger partial charge is 0.410 e. The number of aromatic nitrogens is 3. The van der Waals surface area contributed by atoms with Crippen molar-refractivity contribution in [3.63, 3.8) is 0 Å². The van der Waals surface area contributed by atoms with E-state index in [4.69, 9.17) is 9.47 Å². The number of ketones is 1. The van der Waals surface area contributed by atoms with E-state index < -0.39 is 34.0 Å². The number of amides is 2. The number of halogens is 1. The number of benzene rings is 3. The van der Waals surface area contributed by atoms with Gasteiger partial charge < -0.3 is 14.4 Å². The fourth-order valence-corrected chi connectivity index (χ4v) is 5.98. The Morgan fingerprint density at radius 2 is 1.60 bits per heavy atom. The van der Waals surface area contributed by atoms with Crippen molar-refractivity contribution in [2.75, 3.05) is 31.9 Å². The van der Waals surface area contributed by atoms with Crippen molar-refractivity contribution in [1.29, 1.82) is 0 Å². The van der Waals surface area contributed by atoms with Crippen molar-refractivity contribution in [2.24, 2.45) is 0 Å². The Morgan fingerprint density at radius 3 is 2.21 bits per heavy atom. The number of likely N-dealkylation sites (N-methyl/N-ethyl adjacent to an activating group) is 1. The summed E-state index contributed by atoms with van der Waals surface area (Å²) in [6.45, 7) is 6.52. The molecule has 5 rings (SSSR count). The van der Waals surface area contributed by atoms with E-state index in [0.717, 1.165) is 38.3 Å². The molecule has 0 unspecified atom stereocenters. The van der Waals surface area contributed by atoms with Gasteiger partial charge in [0.2, 0.25) is 0 Å². The lowest BCUT2D eigenvalue weighted by Gasteiger charge is -2.27. The molecule has 0 radical (unpaired) electrons. The predicted molar refractivity (Wildman–Crippen MR) is 194 cm³/mol. The minimum atomic E-state index is -3.60. The van der Waals surface area contributed by atoms with Gasteiger partial charge in [-0.3, -0.25) is 9.59 Å². The Labute approximate surface area is 301 Å². The minimum absolute atomic E-state index is 0.00917. The lowest BCUT2D eigenvalue weighted by atomic mass is 9.92. The second-order valence-corrected chi connectivity index (χ2v) is 15.4. The van der Waals surface area contributed by atoms with E-state index in [0.29, 0.717) is 5.65 Å². The molecule has 2 heterocycles. The number of nitrogens with zero attached hydrogens (tertiary/aromatic N) is 5. The van der Waals surface area contributed by atoms with Gasteiger partial charge in [-0.15, -0.1) is 5.10 Å². The van der Waals surface area contributed by atoms with Crippen molar-refractivity contribution in [1.82, 2.24) is 19.5 Å². The van der Waals surface area contributed by atoms with Crippen molar-refractivity contribution < 1.29 is 36.7 Å². The van der Waals surface area contributed by atoms with E-state index in [1.807, 2.05) is 30.3 Å². The maximum Gasteiger partial charge on any atom is 0.410 e. The maximum atomic E-state index is 14.0. The number of hydrogen-bond donors (Lipinski definition) is 0. The van der Waals surface area contributed by atoms with Crippen LogP contribution >= 0.6 is 0 Å². The van der Waals surface area contributed by atoms with E-state index in [-0.39, 0.29) is 46.2 Å². The van der Waals surface area contributed by atoms with Crippen molar-refractivity contribution in [3.8, 4) is 16.9 Å². The molecule has 2 amide bonds. The SMILES string of the molecule is COc1cc(S(C)(=O)=O)ccc1N(C(=O)CN(C)C(=O)OC(C)(C)C)c1nc2ccc(-c3ccc(CC(=O)[C@H](C)c4ccc(F)cc4)cc3)cn2n1. The second kappa shape index (κ2) is 14.9. The number of carbonyl (C=O) groups is 3. The van der Waals surface area contributed by atoms with Gasteiger partial charge in [-0.1, -0.05) is 43.3 Å². The van der Waals surface area contributed by atoms with Crippen LogP contribution in [0.2, 0.25) is 0 Å². The fraction of sp³-hybridized carbons (Fsp3) is 0.289. The number of sulfone groups is 1. The van der Waals surface area contributed by atoms with Gasteiger partial charge in [0.25, 0.3) is 11.9 Å². The first-order valence-electron chi connectivity index (χ1n) is 16.3. The quantitative estimate of drug-likeness (QED) is 0.151. The monoisotopic (exact) mass is 729 g/mol. The summed E-state index contributed by atoms with van der Waals surface area (Å²) >= 11 is 0. The molecule has 0 aliphatic carbocycles. The summed E-state index contributed by atoms with van der Waals surface area (Å²) in [5, 5.41) is 4.60. The number of Topliss-reactive ketones (excluding diaryl/α,β-unsaturated/α-hetero) is 1. The highest BCUT2D eigenvalue weighted by molar-refractivity contribution is 7.90. The zero-order chi connectivity index (χ0) is 38.0. The van der Waals surface area contributed by atoms with Crippen LogP contribution in [0.5, 0.6) is 5.75 Å². The first kappa shape index (κ1) is 37.6. The topological polar surface area (TPSA) is 140 Å². The molecule has 0 N–H and O–H groups in total. The van der Waals surface area contributed by atoms with Gasteiger partial charge >= 0.3 is 6.09 Å². The number of pyridine rings is 1. The number of methoxy groups -OCH3 is 1. The molecule has 3 aromatic carbocycles. The largest absolute Gasteiger partial charge is 0.495 e. The average molecular weight is 730 g/mol. The molecular weight excluding hydrogens is 690 g/mol. The third kappa shape index (κ3) is 8.80. The van der Waals surface area contributed by atoms with Gasteiger partial charge in [-0.25, -0.2) is 27.0 Å². The zero-order valence-electron chi connectivity index (χ0n) is 30.0. The van der Waals surface area contributed by atoms with Crippen LogP contribution in [0.1, 0.15) is 44.7 Å². The number of rotatable bonds is 11. The highest BCUT2D eigenvalue weighted by Crippen LogP contribution is 2.35. The number of anilines is 2. The van der Waals surface area contributed by atoms with E-state index in [1.165, 1.54) is 49.0 Å². The second-order valence-electron chi connectivity index (χ2n) is 13.4. The molecule has 0 aliphatic heterocycles. The maximum absolute atomic E-state index is 14.0. The Kier molecular flexibility index (Phi) is 10.8. The van der Waals surface area contributed by atoms with E-state index >= 15 is 0 Å². The van der Waals surface area contributed by atoms with Crippen molar-refractivity contribution in [3.05, 3.63) is 102 Å². The fourth-order valence-electron chi connectivity index (χ4n) is 5.35. The summed E-state index contributed by atoms with van der Waals surface area (Å²) in [4.78, 5) is 46.5. The standard InChI is InChI=1S/C38H40FN5O7S/c1-24(26-12-15-29(39)16-13-26)32(45)20-25-8-10-27(11-9-25)28-14-19-34-40-36(41-43(34)22-28)44(35(46)23-42(5)37(47)51-38(2,3)4)31-18-17-30(52(7,48)49)21-33(31)50-6/h8-19,21-22,24H,20,23H2,1-7H3/t24-/m1/s1. The van der Waals surface area contributed by atoms with Crippen LogP contribution in [0, 0.1) is 5.82 Å². The summed E-state index contributed by atoms with van der Waals surface area (Å²) in [6.07, 6.45) is 2.30. The molecule has 0 spiro atoms. The third-order valence-electron chi connectivity index (χ3n) is 8.19. The van der Waals surface area contributed by atoms with Gasteiger partial charge in [0.05, 0.1) is 17.7 Å². The van der Waals surface area contributed by atoms with Crippen LogP contribution in [0.15, 0.2) is 90.0 Å². The highest BCUT2D eigenvalue weighted by Gasteiger charge is 2.30. The minimum Gasteiger partial charge on any atom is -0.495 e. The number of ether oxygens (including phenoxy) is 2. The molecule has 14 heteroatoms. The molecule has 2 aromatic heterocycles. The number of fused-ring (bicyclic) bond motifs is 1. The first-order chi connectivity index (χ1) is 24.4. The highest BCUT2D eigenvalue weighted by atomic mass is 32.2. The summed E-state index contributed by atoms with van der Waals surface area (Å²) in [5.74, 6) is -1.32. The Morgan fingerprint density at radius 1 is 0.942 bits per heavy atom. The Hall–Kier alpha value is -5.63. The van der Waals surface area contributed by atoms with E-state index in [1.54, 1.807) is 52.1 Å². The molecule has 12 nitrogen and oxygen atoms in total. The molecule has 272 valence electrons. The zero-order valence-corrected chi connectivity index (χ0v) is 30.8. The lowest BCUT2D eigenvalue weighted by molar-refractivity contribution is -0.120. The van der Waals surface area contributed by atoms with Crippen molar-refractivity contribution in [2.45, 2.75) is 50.5 Å². The Bertz CT molecular complexity index is 2230. The summed E-state index contributed by atoms with van der Waals surface area (Å²) < 4.78 is 50.4. The number of carbonyl (C=O) groups excluding carboxylic acids is 3. The van der Waals surface area contributed by atoms with Gasteiger partial charge in [0, 0.05) is 43.5 Å². The third-order valence-corrected chi connectivity index (χ3v) is 9.30. The van der Waals surface area contributed by atoms with Crippen molar-refractivity contribution >= 4 is 44.9 Å². The molecule has 0 saturated heterocycles. The molecular formula is C38H40FN5O7S. The Balaban J connectivity index is 1.44. The summed E-state index contributed by atoms with van der Waals surface area (Å²) in [7, 11) is -0.838. The van der Waals surface area contributed by atoms with Crippen LogP contribution < -0.4 is 9.64 Å². The molecule has 0 fully saturated rings. The van der Waals surface area contributed by atoms with E-state index in [9.17, 15) is 27.2 Å². The van der Waals surface area contributed by atoms with Crippen LogP contribution in [-0.4, -0.2) is 78.3 Å². The molecule has 0 saturated carbocycles. The van der Waals surface area contributed by atoms with Gasteiger partial charge in [0.15, 0.2) is 15.5 Å². The van der Waals surface area contributed by atoms with Crippen LogP contribution in [0.25, 0.3) is 16.8 Å². The normalized spacial score (nSPS) is 12.3. The molecule has 1 atom stereocenters. The molecule has 5 aromatic rings. The van der Waals surface area contributed by atoms with Crippen LogP contribution in [0.4, 0.5) is 20.8 Å².